The second-order valence-corrected chi connectivity index (χ2v) is 4.87. The molecule has 0 nitrogen and oxygen atoms in total. The first kappa shape index (κ1) is 13.2. The van der Waals surface area contributed by atoms with Crippen molar-refractivity contribution in [2.75, 3.05) is 0 Å². The van der Waals surface area contributed by atoms with Gasteiger partial charge in [0.15, 0.2) is 0 Å². The maximum Gasteiger partial charge on any atom is 0.0435 e. The highest BCUT2D eigenvalue weighted by Gasteiger charge is 2.07. The molecular formula is C15H19Br. The molecule has 0 fully saturated rings. The molecule has 0 radical (unpaired) electrons. The molecule has 0 aliphatic heterocycles. The predicted molar refractivity (Wildman–Crippen MR) is 75.9 cm³/mol. The highest BCUT2D eigenvalue weighted by atomic mass is 79.9. The van der Waals surface area contributed by atoms with Gasteiger partial charge in [-0.15, -0.1) is 0 Å². The van der Waals surface area contributed by atoms with Crippen molar-refractivity contribution in [2.45, 2.75) is 31.5 Å². The first-order valence-electron chi connectivity index (χ1n) is 5.78. The van der Waals surface area contributed by atoms with Gasteiger partial charge in [0.25, 0.3) is 0 Å². The molecule has 0 saturated carbocycles. The highest BCUT2D eigenvalue weighted by molar-refractivity contribution is 9.09. The smallest absolute Gasteiger partial charge is 0.0435 e. The molecule has 0 aromatic heterocycles. The van der Waals surface area contributed by atoms with Crippen LogP contribution in [0, 0.1) is 0 Å². The third-order valence-electron chi connectivity index (χ3n) is 2.42. The number of hydrogen-bond acceptors (Lipinski definition) is 0. The van der Waals surface area contributed by atoms with Crippen LogP contribution in [0.25, 0.3) is 0 Å². The van der Waals surface area contributed by atoms with Gasteiger partial charge in [-0.05, 0) is 25.3 Å². The monoisotopic (exact) mass is 278 g/mol. The van der Waals surface area contributed by atoms with Gasteiger partial charge < -0.3 is 0 Å². The Labute approximate surface area is 107 Å². The Kier molecular flexibility index (Phi) is 6.17. The lowest BCUT2D eigenvalue weighted by molar-refractivity contribution is 0.943. The summed E-state index contributed by atoms with van der Waals surface area (Å²) in [5, 5.41) is 0. The standard InChI is InChI=1S/C15H19Br/c1-3-8-13(9-4-2)12-15(16)14-10-6-5-7-11-14/h3,5-11,15H,4,12H2,1-2H3/b8-3-,13-9+. The van der Waals surface area contributed by atoms with Crippen LogP contribution in [0.3, 0.4) is 0 Å². The third-order valence-corrected chi connectivity index (χ3v) is 3.28. The van der Waals surface area contributed by atoms with E-state index >= 15 is 0 Å². The van der Waals surface area contributed by atoms with E-state index in [1.165, 1.54) is 11.1 Å². The van der Waals surface area contributed by atoms with Crippen molar-refractivity contribution in [1.82, 2.24) is 0 Å². The first-order valence-corrected chi connectivity index (χ1v) is 6.70. The van der Waals surface area contributed by atoms with Crippen LogP contribution in [0.1, 0.15) is 37.1 Å². The minimum Gasteiger partial charge on any atom is -0.0874 e. The fraction of sp³-hybridized carbons (Fsp3) is 0.333. The van der Waals surface area contributed by atoms with Crippen molar-refractivity contribution >= 4 is 15.9 Å². The van der Waals surface area contributed by atoms with Crippen molar-refractivity contribution in [3.63, 3.8) is 0 Å². The Morgan fingerprint density at radius 2 is 2.00 bits per heavy atom. The van der Waals surface area contributed by atoms with E-state index in [4.69, 9.17) is 0 Å². The van der Waals surface area contributed by atoms with E-state index in [1.807, 2.05) is 0 Å². The SMILES string of the molecule is C/C=C\C(=C/CC)CC(Br)c1ccccc1. The summed E-state index contributed by atoms with van der Waals surface area (Å²) in [6, 6.07) is 10.6. The van der Waals surface area contributed by atoms with Gasteiger partial charge in [-0.25, -0.2) is 0 Å². The van der Waals surface area contributed by atoms with Gasteiger partial charge in [0.1, 0.15) is 0 Å². The maximum atomic E-state index is 3.75. The summed E-state index contributed by atoms with van der Waals surface area (Å²) in [6.07, 6.45) is 8.72. The minimum atomic E-state index is 0.405. The molecule has 0 heterocycles. The molecule has 0 N–H and O–H groups in total. The summed E-state index contributed by atoms with van der Waals surface area (Å²) in [5.74, 6) is 0. The molecule has 0 aliphatic carbocycles. The lowest BCUT2D eigenvalue weighted by atomic mass is 10.0. The molecule has 1 aromatic carbocycles. The summed E-state index contributed by atoms with van der Waals surface area (Å²) >= 11 is 3.75. The lowest BCUT2D eigenvalue weighted by Crippen LogP contribution is -1.91. The molecule has 16 heavy (non-hydrogen) atoms. The van der Waals surface area contributed by atoms with Crippen molar-refractivity contribution in [3.8, 4) is 0 Å². The van der Waals surface area contributed by atoms with Gasteiger partial charge in [0, 0.05) is 4.83 Å². The fourth-order valence-electron chi connectivity index (χ4n) is 1.68. The molecule has 86 valence electrons. The average Bonchev–Trinajstić information content (AvgIpc) is 2.31. The number of benzene rings is 1. The normalized spacial score (nSPS) is 14.3. The topological polar surface area (TPSA) is 0 Å². The Morgan fingerprint density at radius 1 is 1.31 bits per heavy atom. The van der Waals surface area contributed by atoms with Crippen LogP contribution < -0.4 is 0 Å². The van der Waals surface area contributed by atoms with Crippen LogP contribution in [0.2, 0.25) is 0 Å². The molecule has 0 aliphatic rings. The zero-order valence-corrected chi connectivity index (χ0v) is 11.6. The van der Waals surface area contributed by atoms with E-state index in [0.29, 0.717) is 4.83 Å². The molecule has 0 saturated heterocycles. The molecule has 1 heteroatoms. The van der Waals surface area contributed by atoms with Crippen LogP contribution in [-0.4, -0.2) is 0 Å². The van der Waals surface area contributed by atoms with Gasteiger partial charge >= 0.3 is 0 Å². The molecule has 0 spiro atoms. The van der Waals surface area contributed by atoms with Gasteiger partial charge in [-0.3, -0.25) is 0 Å². The van der Waals surface area contributed by atoms with Gasteiger partial charge in [0.05, 0.1) is 0 Å². The minimum absolute atomic E-state index is 0.405. The number of halogens is 1. The molecule has 1 aromatic rings. The fourth-order valence-corrected chi connectivity index (χ4v) is 2.36. The molecule has 1 atom stereocenters. The van der Waals surface area contributed by atoms with Crippen molar-refractivity contribution in [3.05, 3.63) is 59.7 Å². The number of rotatable bonds is 5. The second-order valence-electron chi connectivity index (χ2n) is 3.77. The number of allylic oxidation sites excluding steroid dienone is 4. The van der Waals surface area contributed by atoms with E-state index in [1.54, 1.807) is 0 Å². The van der Waals surface area contributed by atoms with Gasteiger partial charge in [-0.1, -0.05) is 77.0 Å². The number of alkyl halides is 1. The quantitative estimate of drug-likeness (QED) is 0.498. The molecule has 1 rings (SSSR count). The van der Waals surface area contributed by atoms with Gasteiger partial charge in [-0.2, -0.15) is 0 Å². The average molecular weight is 279 g/mol. The Balaban J connectivity index is 2.69. The maximum absolute atomic E-state index is 3.75. The summed E-state index contributed by atoms with van der Waals surface area (Å²) in [5.41, 5.74) is 2.74. The van der Waals surface area contributed by atoms with E-state index in [0.717, 1.165) is 12.8 Å². The summed E-state index contributed by atoms with van der Waals surface area (Å²) in [7, 11) is 0. The van der Waals surface area contributed by atoms with E-state index in [-0.39, 0.29) is 0 Å². The third kappa shape index (κ3) is 4.36. The predicted octanol–water partition coefficient (Wildman–Crippen LogP) is 5.43. The van der Waals surface area contributed by atoms with E-state index in [2.05, 4.69) is 78.3 Å². The Morgan fingerprint density at radius 3 is 2.56 bits per heavy atom. The second kappa shape index (κ2) is 7.45. The summed E-state index contributed by atoms with van der Waals surface area (Å²) < 4.78 is 0. The molecule has 0 bridgehead atoms. The van der Waals surface area contributed by atoms with Crippen molar-refractivity contribution < 1.29 is 0 Å². The van der Waals surface area contributed by atoms with Crippen LogP contribution in [0.5, 0.6) is 0 Å². The van der Waals surface area contributed by atoms with Crippen LogP contribution in [0.15, 0.2) is 54.1 Å². The van der Waals surface area contributed by atoms with Crippen LogP contribution in [0.4, 0.5) is 0 Å². The van der Waals surface area contributed by atoms with E-state index < -0.39 is 0 Å². The highest BCUT2D eigenvalue weighted by Crippen LogP contribution is 2.30. The molecular weight excluding hydrogens is 260 g/mol. The lowest BCUT2D eigenvalue weighted by Gasteiger charge is -2.10. The van der Waals surface area contributed by atoms with Crippen LogP contribution in [-0.2, 0) is 0 Å². The summed E-state index contributed by atoms with van der Waals surface area (Å²) in [6.45, 7) is 4.24. The summed E-state index contributed by atoms with van der Waals surface area (Å²) in [4.78, 5) is 0.405. The van der Waals surface area contributed by atoms with E-state index in [9.17, 15) is 0 Å². The molecule has 0 amide bonds. The van der Waals surface area contributed by atoms with Gasteiger partial charge in [0.2, 0.25) is 0 Å². The largest absolute Gasteiger partial charge is 0.0874 e. The zero-order chi connectivity index (χ0) is 11.8. The van der Waals surface area contributed by atoms with Crippen molar-refractivity contribution in [1.29, 1.82) is 0 Å². The number of hydrogen-bond donors (Lipinski definition) is 0. The Hall–Kier alpha value is -0.820. The van der Waals surface area contributed by atoms with Crippen LogP contribution >= 0.6 is 15.9 Å². The zero-order valence-electron chi connectivity index (χ0n) is 9.99. The first-order chi connectivity index (χ1) is 7.77. The molecule has 1 unspecified atom stereocenters. The van der Waals surface area contributed by atoms with Crippen molar-refractivity contribution in [2.24, 2.45) is 0 Å². The Bertz CT molecular complexity index is 349.